The van der Waals surface area contributed by atoms with Gasteiger partial charge in [0, 0.05) is 0 Å². The zero-order valence-electron chi connectivity index (χ0n) is 12.1. The third kappa shape index (κ3) is 2.68. The van der Waals surface area contributed by atoms with E-state index in [1.165, 1.54) is 25.7 Å². The van der Waals surface area contributed by atoms with Crippen molar-refractivity contribution in [3.63, 3.8) is 0 Å². The third-order valence-electron chi connectivity index (χ3n) is 6.41. The minimum Gasteiger partial charge on any atom is -0.103 e. The molecule has 0 heteroatoms. The highest BCUT2D eigenvalue weighted by molar-refractivity contribution is 4.92. The number of allylic oxidation sites excluding steroid dienone is 1. The first kappa shape index (κ1) is 12.8. The molecule has 3 saturated carbocycles. The molecule has 2 atom stereocenters. The van der Waals surface area contributed by atoms with Gasteiger partial charge in [0.15, 0.2) is 0 Å². The summed E-state index contributed by atoms with van der Waals surface area (Å²) in [6.45, 7) is 6.42. The summed E-state index contributed by atoms with van der Waals surface area (Å²) in [6, 6.07) is 0. The minimum atomic E-state index is 0.838. The number of hydrogen-bond acceptors (Lipinski definition) is 0. The van der Waals surface area contributed by atoms with Crippen molar-refractivity contribution in [2.75, 3.05) is 0 Å². The van der Waals surface area contributed by atoms with Gasteiger partial charge in [-0.2, -0.15) is 0 Å². The maximum atomic E-state index is 3.97. The lowest BCUT2D eigenvalue weighted by Crippen LogP contribution is -2.26. The maximum Gasteiger partial charge on any atom is -0.0236 e. The molecule has 18 heavy (non-hydrogen) atoms. The molecule has 0 aliphatic heterocycles. The molecule has 3 aliphatic carbocycles. The van der Waals surface area contributed by atoms with Crippen LogP contribution in [0.5, 0.6) is 0 Å². The molecule has 102 valence electrons. The number of hydrogen-bond donors (Lipinski definition) is 0. The molecule has 0 aromatic rings. The molecule has 0 spiro atoms. The summed E-state index contributed by atoms with van der Waals surface area (Å²) in [7, 11) is 0. The summed E-state index contributed by atoms with van der Waals surface area (Å²) >= 11 is 0. The average Bonchev–Trinajstić information content (AvgIpc) is 3.16. The lowest BCUT2D eigenvalue weighted by molar-refractivity contribution is 0.147. The largest absolute Gasteiger partial charge is 0.103 e. The molecule has 0 bridgehead atoms. The Bertz CT molecular complexity index is 276. The molecule has 0 N–H and O–H groups in total. The van der Waals surface area contributed by atoms with Gasteiger partial charge in [-0.05, 0) is 93.3 Å². The summed E-state index contributed by atoms with van der Waals surface area (Å²) in [6.07, 6.45) is 15.8. The van der Waals surface area contributed by atoms with Crippen LogP contribution in [-0.4, -0.2) is 0 Å². The van der Waals surface area contributed by atoms with Gasteiger partial charge in [0.1, 0.15) is 0 Å². The SMILES string of the molecule is C=CC1CCC(C2CCC(C3CC3C)CC2)CC1. The van der Waals surface area contributed by atoms with E-state index in [-0.39, 0.29) is 0 Å². The second-order valence-corrected chi connectivity index (χ2v) is 7.46. The predicted octanol–water partition coefficient (Wildman–Crippen LogP) is 5.44. The molecular weight excluding hydrogens is 216 g/mol. The molecule has 3 aliphatic rings. The van der Waals surface area contributed by atoms with Gasteiger partial charge >= 0.3 is 0 Å². The summed E-state index contributed by atoms with van der Waals surface area (Å²) in [4.78, 5) is 0. The van der Waals surface area contributed by atoms with E-state index in [2.05, 4.69) is 19.6 Å². The van der Waals surface area contributed by atoms with Crippen molar-refractivity contribution >= 4 is 0 Å². The van der Waals surface area contributed by atoms with Gasteiger partial charge in [-0.25, -0.2) is 0 Å². The van der Waals surface area contributed by atoms with Crippen LogP contribution in [-0.2, 0) is 0 Å². The fourth-order valence-corrected chi connectivity index (χ4v) is 4.90. The zero-order valence-corrected chi connectivity index (χ0v) is 12.1. The van der Waals surface area contributed by atoms with Crippen LogP contribution in [0.4, 0.5) is 0 Å². The van der Waals surface area contributed by atoms with Crippen molar-refractivity contribution in [1.29, 1.82) is 0 Å². The van der Waals surface area contributed by atoms with E-state index in [0.717, 1.165) is 35.5 Å². The number of rotatable bonds is 3. The molecule has 0 aromatic carbocycles. The highest BCUT2D eigenvalue weighted by atomic mass is 14.5. The Morgan fingerprint density at radius 3 is 1.67 bits per heavy atom. The van der Waals surface area contributed by atoms with E-state index >= 15 is 0 Å². The lowest BCUT2D eigenvalue weighted by Gasteiger charge is -2.37. The summed E-state index contributed by atoms with van der Waals surface area (Å²) in [5.74, 6) is 6.29. The van der Waals surface area contributed by atoms with E-state index < -0.39 is 0 Å². The zero-order chi connectivity index (χ0) is 12.5. The van der Waals surface area contributed by atoms with E-state index in [1.807, 2.05) is 0 Å². The topological polar surface area (TPSA) is 0 Å². The van der Waals surface area contributed by atoms with Crippen LogP contribution < -0.4 is 0 Å². The standard InChI is InChI=1S/C18H30/c1-3-14-4-6-15(7-5-14)16-8-10-17(11-9-16)18-12-13(18)2/h3,13-18H,1,4-12H2,2H3. The van der Waals surface area contributed by atoms with Gasteiger partial charge in [0.2, 0.25) is 0 Å². The first-order valence-electron chi connectivity index (χ1n) is 8.40. The normalized spacial score (nSPS) is 48.7. The van der Waals surface area contributed by atoms with Crippen LogP contribution in [0.25, 0.3) is 0 Å². The van der Waals surface area contributed by atoms with Crippen LogP contribution >= 0.6 is 0 Å². The molecule has 0 radical (unpaired) electrons. The first-order valence-corrected chi connectivity index (χ1v) is 8.40. The average molecular weight is 246 g/mol. The fourth-order valence-electron chi connectivity index (χ4n) is 4.90. The summed E-state index contributed by atoms with van der Waals surface area (Å²) in [5.41, 5.74) is 0. The van der Waals surface area contributed by atoms with Crippen LogP contribution in [0.3, 0.4) is 0 Å². The molecule has 0 amide bonds. The first-order chi connectivity index (χ1) is 8.78. The van der Waals surface area contributed by atoms with Crippen molar-refractivity contribution in [3.05, 3.63) is 12.7 Å². The molecule has 0 saturated heterocycles. The van der Waals surface area contributed by atoms with Crippen molar-refractivity contribution < 1.29 is 0 Å². The van der Waals surface area contributed by atoms with Gasteiger partial charge in [-0.1, -0.05) is 13.0 Å². The Morgan fingerprint density at radius 2 is 1.22 bits per heavy atom. The van der Waals surface area contributed by atoms with E-state index in [9.17, 15) is 0 Å². The highest BCUT2D eigenvalue weighted by Gasteiger charge is 2.41. The monoisotopic (exact) mass is 246 g/mol. The quantitative estimate of drug-likeness (QED) is 0.582. The van der Waals surface area contributed by atoms with Crippen molar-refractivity contribution in [2.45, 2.75) is 64.7 Å². The van der Waals surface area contributed by atoms with Crippen LogP contribution in [0.1, 0.15) is 64.7 Å². The second kappa shape index (κ2) is 5.39. The fraction of sp³-hybridized carbons (Fsp3) is 0.889. The molecule has 0 heterocycles. The van der Waals surface area contributed by atoms with Crippen molar-refractivity contribution in [2.24, 2.45) is 35.5 Å². The van der Waals surface area contributed by atoms with Gasteiger partial charge < -0.3 is 0 Å². The molecular formula is C18H30. The van der Waals surface area contributed by atoms with E-state index in [1.54, 1.807) is 32.1 Å². The summed E-state index contributed by atoms with van der Waals surface area (Å²) in [5, 5.41) is 0. The Morgan fingerprint density at radius 1 is 0.778 bits per heavy atom. The predicted molar refractivity (Wildman–Crippen MR) is 78.4 cm³/mol. The van der Waals surface area contributed by atoms with E-state index in [4.69, 9.17) is 0 Å². The van der Waals surface area contributed by atoms with Gasteiger partial charge in [0.05, 0.1) is 0 Å². The summed E-state index contributed by atoms with van der Waals surface area (Å²) < 4.78 is 0. The van der Waals surface area contributed by atoms with E-state index in [0.29, 0.717) is 0 Å². The van der Waals surface area contributed by atoms with Crippen molar-refractivity contribution in [3.8, 4) is 0 Å². The Hall–Kier alpha value is -0.260. The smallest absolute Gasteiger partial charge is 0.0236 e. The van der Waals surface area contributed by atoms with Gasteiger partial charge in [-0.15, -0.1) is 6.58 Å². The van der Waals surface area contributed by atoms with Crippen LogP contribution in [0, 0.1) is 35.5 Å². The minimum absolute atomic E-state index is 0.838. The second-order valence-electron chi connectivity index (χ2n) is 7.46. The Balaban J connectivity index is 1.44. The lowest BCUT2D eigenvalue weighted by atomic mass is 9.68. The maximum absolute atomic E-state index is 3.97. The molecule has 3 fully saturated rings. The van der Waals surface area contributed by atoms with Gasteiger partial charge in [0.25, 0.3) is 0 Å². The molecule has 2 unspecified atom stereocenters. The van der Waals surface area contributed by atoms with Crippen LogP contribution in [0.2, 0.25) is 0 Å². The van der Waals surface area contributed by atoms with Crippen LogP contribution in [0.15, 0.2) is 12.7 Å². The molecule has 0 nitrogen and oxygen atoms in total. The van der Waals surface area contributed by atoms with Crippen molar-refractivity contribution in [1.82, 2.24) is 0 Å². The highest BCUT2D eigenvalue weighted by Crippen LogP contribution is 2.51. The molecule has 0 aromatic heterocycles. The molecule has 3 rings (SSSR count). The Labute approximate surface area is 113 Å². The Kier molecular flexibility index (Phi) is 3.82. The third-order valence-corrected chi connectivity index (χ3v) is 6.41. The van der Waals surface area contributed by atoms with Gasteiger partial charge in [-0.3, -0.25) is 0 Å².